The zero-order valence-corrected chi connectivity index (χ0v) is 8.83. The average Bonchev–Trinajstić information content (AvgIpc) is 2.77. The SMILES string of the molecule is CCc1cnn(-c2ccc([N+](=O)[O-])cc2)c1. The van der Waals surface area contributed by atoms with E-state index in [2.05, 4.69) is 12.0 Å². The Labute approximate surface area is 92.5 Å². The second kappa shape index (κ2) is 4.14. The highest BCUT2D eigenvalue weighted by Crippen LogP contribution is 2.15. The van der Waals surface area contributed by atoms with Crippen LogP contribution in [-0.4, -0.2) is 14.7 Å². The maximum Gasteiger partial charge on any atom is 0.269 e. The summed E-state index contributed by atoms with van der Waals surface area (Å²) >= 11 is 0. The van der Waals surface area contributed by atoms with Crippen molar-refractivity contribution in [2.24, 2.45) is 0 Å². The molecule has 0 bridgehead atoms. The summed E-state index contributed by atoms with van der Waals surface area (Å²) in [6.07, 6.45) is 4.63. The maximum atomic E-state index is 10.5. The smallest absolute Gasteiger partial charge is 0.258 e. The van der Waals surface area contributed by atoms with Crippen LogP contribution in [0.15, 0.2) is 36.7 Å². The predicted molar refractivity (Wildman–Crippen MR) is 59.6 cm³/mol. The van der Waals surface area contributed by atoms with Crippen LogP contribution in [0.25, 0.3) is 5.69 Å². The van der Waals surface area contributed by atoms with Crippen LogP contribution in [0.1, 0.15) is 12.5 Å². The number of hydrogen-bond donors (Lipinski definition) is 0. The van der Waals surface area contributed by atoms with Crippen molar-refractivity contribution in [1.82, 2.24) is 9.78 Å². The molecule has 0 saturated carbocycles. The summed E-state index contributed by atoms with van der Waals surface area (Å²) in [7, 11) is 0. The molecule has 16 heavy (non-hydrogen) atoms. The molecule has 0 N–H and O–H groups in total. The molecule has 0 spiro atoms. The number of aromatic nitrogens is 2. The Morgan fingerprint density at radius 3 is 2.56 bits per heavy atom. The number of benzene rings is 1. The predicted octanol–water partition coefficient (Wildman–Crippen LogP) is 2.34. The third-order valence-corrected chi connectivity index (χ3v) is 2.37. The van der Waals surface area contributed by atoms with Crippen molar-refractivity contribution in [2.45, 2.75) is 13.3 Å². The van der Waals surface area contributed by atoms with E-state index < -0.39 is 4.92 Å². The minimum Gasteiger partial charge on any atom is -0.258 e. The van der Waals surface area contributed by atoms with Crippen molar-refractivity contribution in [3.8, 4) is 5.69 Å². The summed E-state index contributed by atoms with van der Waals surface area (Å²) in [5.41, 5.74) is 2.05. The standard InChI is InChI=1S/C11H11N3O2/c1-2-9-7-12-13(8-9)10-3-5-11(6-4-10)14(15)16/h3-8H,2H2,1H3. The van der Waals surface area contributed by atoms with E-state index in [9.17, 15) is 10.1 Å². The van der Waals surface area contributed by atoms with Crippen LogP contribution in [0.2, 0.25) is 0 Å². The third kappa shape index (κ3) is 1.93. The van der Waals surface area contributed by atoms with E-state index >= 15 is 0 Å². The molecule has 1 aromatic carbocycles. The van der Waals surface area contributed by atoms with Gasteiger partial charge in [0.05, 0.1) is 16.8 Å². The van der Waals surface area contributed by atoms with Crippen LogP contribution >= 0.6 is 0 Å². The molecule has 0 unspecified atom stereocenters. The first-order chi connectivity index (χ1) is 7.70. The first kappa shape index (κ1) is 10.4. The van der Waals surface area contributed by atoms with Crippen molar-refractivity contribution >= 4 is 5.69 Å². The molecule has 0 atom stereocenters. The highest BCUT2D eigenvalue weighted by atomic mass is 16.6. The van der Waals surface area contributed by atoms with Crippen LogP contribution in [0.4, 0.5) is 5.69 Å². The van der Waals surface area contributed by atoms with E-state index in [1.807, 2.05) is 6.20 Å². The van der Waals surface area contributed by atoms with E-state index in [1.165, 1.54) is 12.1 Å². The maximum absolute atomic E-state index is 10.5. The third-order valence-electron chi connectivity index (χ3n) is 2.37. The Hall–Kier alpha value is -2.17. The Balaban J connectivity index is 2.30. The molecular weight excluding hydrogens is 206 g/mol. The minimum absolute atomic E-state index is 0.0895. The number of non-ortho nitro benzene ring substituents is 1. The molecule has 5 heteroatoms. The number of nitrogens with zero attached hydrogens (tertiary/aromatic N) is 3. The molecular formula is C11H11N3O2. The fourth-order valence-electron chi connectivity index (χ4n) is 1.41. The normalized spacial score (nSPS) is 10.3. The van der Waals surface area contributed by atoms with Crippen LogP contribution in [-0.2, 0) is 6.42 Å². The molecule has 5 nitrogen and oxygen atoms in total. The largest absolute Gasteiger partial charge is 0.269 e. The van der Waals surface area contributed by atoms with Gasteiger partial charge in [-0.2, -0.15) is 5.10 Å². The summed E-state index contributed by atoms with van der Waals surface area (Å²) in [5.74, 6) is 0. The number of rotatable bonds is 3. The minimum atomic E-state index is -0.412. The van der Waals surface area contributed by atoms with Crippen LogP contribution in [0, 0.1) is 10.1 Å². The van der Waals surface area contributed by atoms with Gasteiger partial charge in [-0.25, -0.2) is 4.68 Å². The molecule has 0 amide bonds. The Morgan fingerprint density at radius 2 is 2.06 bits per heavy atom. The Kier molecular flexibility index (Phi) is 2.68. The van der Waals surface area contributed by atoms with Gasteiger partial charge in [-0.3, -0.25) is 10.1 Å². The van der Waals surface area contributed by atoms with Gasteiger partial charge in [-0.15, -0.1) is 0 Å². The van der Waals surface area contributed by atoms with Gasteiger partial charge in [0, 0.05) is 18.3 Å². The molecule has 2 rings (SSSR count). The lowest BCUT2D eigenvalue weighted by molar-refractivity contribution is -0.384. The molecule has 82 valence electrons. The number of nitro groups is 1. The second-order valence-corrected chi connectivity index (χ2v) is 3.42. The van der Waals surface area contributed by atoms with Gasteiger partial charge in [0.1, 0.15) is 0 Å². The zero-order valence-electron chi connectivity index (χ0n) is 8.83. The highest BCUT2D eigenvalue weighted by Gasteiger charge is 2.05. The fourth-order valence-corrected chi connectivity index (χ4v) is 1.41. The fraction of sp³-hybridized carbons (Fsp3) is 0.182. The summed E-state index contributed by atoms with van der Waals surface area (Å²) in [6.45, 7) is 2.05. The van der Waals surface area contributed by atoms with Gasteiger partial charge < -0.3 is 0 Å². The number of aryl methyl sites for hydroxylation is 1. The molecule has 0 aliphatic heterocycles. The Bertz CT molecular complexity index is 502. The second-order valence-electron chi connectivity index (χ2n) is 3.42. The average molecular weight is 217 g/mol. The summed E-state index contributed by atoms with van der Waals surface area (Å²) < 4.78 is 1.71. The number of nitro benzene ring substituents is 1. The van der Waals surface area contributed by atoms with Gasteiger partial charge in [-0.05, 0) is 24.1 Å². The Morgan fingerprint density at radius 1 is 1.38 bits per heavy atom. The van der Waals surface area contributed by atoms with Crippen molar-refractivity contribution in [3.63, 3.8) is 0 Å². The van der Waals surface area contributed by atoms with Crippen LogP contribution in [0.5, 0.6) is 0 Å². The van der Waals surface area contributed by atoms with E-state index in [0.29, 0.717) is 0 Å². The van der Waals surface area contributed by atoms with Gasteiger partial charge >= 0.3 is 0 Å². The topological polar surface area (TPSA) is 61.0 Å². The summed E-state index contributed by atoms with van der Waals surface area (Å²) in [6, 6.07) is 6.32. The molecule has 0 saturated heterocycles. The molecule has 1 aromatic heterocycles. The molecule has 1 heterocycles. The van der Waals surface area contributed by atoms with E-state index in [-0.39, 0.29) is 5.69 Å². The van der Waals surface area contributed by atoms with E-state index in [1.54, 1.807) is 23.0 Å². The molecule has 0 aliphatic rings. The first-order valence-corrected chi connectivity index (χ1v) is 4.99. The lowest BCUT2D eigenvalue weighted by Gasteiger charge is -1.99. The molecule has 0 aliphatic carbocycles. The van der Waals surface area contributed by atoms with E-state index in [4.69, 9.17) is 0 Å². The lowest BCUT2D eigenvalue weighted by Crippen LogP contribution is -1.94. The van der Waals surface area contributed by atoms with Gasteiger partial charge in [0.15, 0.2) is 0 Å². The quantitative estimate of drug-likeness (QED) is 0.585. The van der Waals surface area contributed by atoms with E-state index in [0.717, 1.165) is 17.7 Å². The van der Waals surface area contributed by atoms with Gasteiger partial charge in [0.25, 0.3) is 5.69 Å². The highest BCUT2D eigenvalue weighted by molar-refractivity contribution is 5.40. The van der Waals surface area contributed by atoms with Crippen LogP contribution < -0.4 is 0 Å². The zero-order chi connectivity index (χ0) is 11.5. The van der Waals surface area contributed by atoms with Gasteiger partial charge in [0.2, 0.25) is 0 Å². The first-order valence-electron chi connectivity index (χ1n) is 4.99. The lowest BCUT2D eigenvalue weighted by atomic mass is 10.3. The van der Waals surface area contributed by atoms with Crippen molar-refractivity contribution in [1.29, 1.82) is 0 Å². The molecule has 0 fully saturated rings. The molecule has 0 radical (unpaired) electrons. The van der Waals surface area contributed by atoms with Gasteiger partial charge in [-0.1, -0.05) is 6.92 Å². The summed E-state index contributed by atoms with van der Waals surface area (Å²) in [4.78, 5) is 10.1. The van der Waals surface area contributed by atoms with Crippen molar-refractivity contribution in [3.05, 3.63) is 52.3 Å². The van der Waals surface area contributed by atoms with Crippen molar-refractivity contribution < 1.29 is 4.92 Å². The summed E-state index contributed by atoms with van der Waals surface area (Å²) in [5, 5.41) is 14.7. The number of hydrogen-bond acceptors (Lipinski definition) is 3. The van der Waals surface area contributed by atoms with Crippen molar-refractivity contribution in [2.75, 3.05) is 0 Å². The van der Waals surface area contributed by atoms with Crippen LogP contribution in [0.3, 0.4) is 0 Å². The molecule has 2 aromatic rings. The monoisotopic (exact) mass is 217 g/mol.